The van der Waals surface area contributed by atoms with Crippen molar-refractivity contribution in [2.75, 3.05) is 26.2 Å². The van der Waals surface area contributed by atoms with E-state index < -0.39 is 0 Å². The topological polar surface area (TPSA) is 65.5 Å². The van der Waals surface area contributed by atoms with E-state index in [1.165, 1.54) is 4.90 Å². The maximum absolute atomic E-state index is 11.5. The van der Waals surface area contributed by atoms with Crippen LogP contribution in [0.4, 0.5) is 0 Å². The summed E-state index contributed by atoms with van der Waals surface area (Å²) < 4.78 is 0. The van der Waals surface area contributed by atoms with Crippen LogP contribution in [0.1, 0.15) is 20.8 Å². The van der Waals surface area contributed by atoms with Gasteiger partial charge in [0.2, 0.25) is 5.91 Å². The van der Waals surface area contributed by atoms with Crippen LogP contribution >= 0.6 is 11.8 Å². The molecule has 0 radical (unpaired) electrons. The van der Waals surface area contributed by atoms with Gasteiger partial charge in [-0.25, -0.2) is 4.99 Å². The molecular formula is C16H26N4OS. The quantitative estimate of drug-likeness (QED) is 0.388. The lowest BCUT2D eigenvalue weighted by Gasteiger charge is -2.15. The molecule has 1 unspecified atom stereocenters. The minimum Gasteiger partial charge on any atom is -0.357 e. The van der Waals surface area contributed by atoms with Crippen LogP contribution in [0, 0.1) is 0 Å². The van der Waals surface area contributed by atoms with Crippen LogP contribution in [0.25, 0.3) is 0 Å². The van der Waals surface area contributed by atoms with Gasteiger partial charge in [-0.2, -0.15) is 0 Å². The summed E-state index contributed by atoms with van der Waals surface area (Å²) in [5.74, 6) is 0.612. The molecule has 0 aromatic heterocycles. The number of likely N-dealkylation sites (N-methyl/N-ethyl adjacent to an activating group) is 1. The molecule has 6 heteroatoms. The van der Waals surface area contributed by atoms with Crippen LogP contribution < -0.4 is 16.0 Å². The molecule has 0 saturated carbocycles. The van der Waals surface area contributed by atoms with Gasteiger partial charge >= 0.3 is 0 Å². The van der Waals surface area contributed by atoms with E-state index in [0.717, 1.165) is 13.1 Å². The summed E-state index contributed by atoms with van der Waals surface area (Å²) in [6.07, 6.45) is 0. The van der Waals surface area contributed by atoms with E-state index >= 15 is 0 Å². The first-order valence-electron chi connectivity index (χ1n) is 7.66. The van der Waals surface area contributed by atoms with Crippen molar-refractivity contribution in [3.63, 3.8) is 0 Å². The monoisotopic (exact) mass is 322 g/mol. The molecule has 1 atom stereocenters. The maximum atomic E-state index is 11.5. The number of rotatable bonds is 8. The minimum absolute atomic E-state index is 0.0635. The van der Waals surface area contributed by atoms with E-state index in [1.807, 2.05) is 43.8 Å². The summed E-state index contributed by atoms with van der Waals surface area (Å²) in [5.41, 5.74) is 0. The van der Waals surface area contributed by atoms with Crippen molar-refractivity contribution in [3.05, 3.63) is 30.3 Å². The predicted molar refractivity (Wildman–Crippen MR) is 94.4 cm³/mol. The number of benzene rings is 1. The summed E-state index contributed by atoms with van der Waals surface area (Å²) in [5, 5.41) is 9.56. The summed E-state index contributed by atoms with van der Waals surface area (Å²) in [6.45, 7) is 8.38. The Bertz CT molecular complexity index is 464. The molecule has 0 bridgehead atoms. The zero-order chi connectivity index (χ0) is 16.2. The molecule has 0 aliphatic carbocycles. The molecule has 22 heavy (non-hydrogen) atoms. The normalized spacial score (nSPS) is 12.6. The molecule has 0 spiro atoms. The zero-order valence-electron chi connectivity index (χ0n) is 13.6. The second-order valence-corrected chi connectivity index (χ2v) is 6.28. The number of hydrogen-bond donors (Lipinski definition) is 3. The Morgan fingerprint density at radius 2 is 1.82 bits per heavy atom. The van der Waals surface area contributed by atoms with Gasteiger partial charge in [0.05, 0.1) is 0 Å². The third kappa shape index (κ3) is 7.93. The molecule has 1 aromatic carbocycles. The third-order valence-corrected chi connectivity index (χ3v) is 3.85. The fraction of sp³-hybridized carbons (Fsp3) is 0.500. The van der Waals surface area contributed by atoms with Gasteiger partial charge in [0.25, 0.3) is 0 Å². The van der Waals surface area contributed by atoms with Gasteiger partial charge in [-0.1, -0.05) is 25.1 Å². The van der Waals surface area contributed by atoms with Crippen molar-refractivity contribution >= 4 is 23.6 Å². The molecule has 1 aromatic rings. The number of amides is 1. The largest absolute Gasteiger partial charge is 0.357 e. The number of carbonyl (C=O) groups excluding carboxylic acids is 1. The Balaban J connectivity index is 2.42. The van der Waals surface area contributed by atoms with Crippen LogP contribution in [-0.4, -0.2) is 43.3 Å². The number of nitrogens with one attached hydrogen (secondary N) is 3. The summed E-state index contributed by atoms with van der Waals surface area (Å²) in [6, 6.07) is 10.3. The van der Waals surface area contributed by atoms with Gasteiger partial charge in [-0.15, -0.1) is 11.8 Å². The molecule has 122 valence electrons. The van der Waals surface area contributed by atoms with E-state index in [1.54, 1.807) is 0 Å². The van der Waals surface area contributed by atoms with Crippen LogP contribution in [0.3, 0.4) is 0 Å². The van der Waals surface area contributed by atoms with Gasteiger partial charge in [-0.05, 0) is 26.0 Å². The molecule has 0 saturated heterocycles. The number of guanidine groups is 1. The zero-order valence-corrected chi connectivity index (χ0v) is 14.4. The van der Waals surface area contributed by atoms with Gasteiger partial charge < -0.3 is 16.0 Å². The Kier molecular flexibility index (Phi) is 9.14. The van der Waals surface area contributed by atoms with Crippen molar-refractivity contribution in [1.82, 2.24) is 16.0 Å². The highest BCUT2D eigenvalue weighted by Gasteiger charge is 2.06. The molecular weight excluding hydrogens is 296 g/mol. The van der Waals surface area contributed by atoms with Crippen LogP contribution in [0.5, 0.6) is 0 Å². The van der Waals surface area contributed by atoms with Crippen molar-refractivity contribution in [2.24, 2.45) is 4.99 Å². The lowest BCUT2D eigenvalue weighted by atomic mass is 10.4. The van der Waals surface area contributed by atoms with Gasteiger partial charge in [0.1, 0.15) is 6.54 Å². The van der Waals surface area contributed by atoms with Gasteiger partial charge in [0, 0.05) is 29.8 Å². The molecule has 0 aliphatic heterocycles. The molecule has 1 rings (SSSR count). The van der Waals surface area contributed by atoms with Crippen LogP contribution in [0.2, 0.25) is 0 Å². The molecule has 1 amide bonds. The SMILES string of the molecule is CCNC(=O)CN=C(NCC)NCC(C)Sc1ccccc1. The van der Waals surface area contributed by atoms with E-state index in [0.29, 0.717) is 17.8 Å². The highest BCUT2D eigenvalue weighted by molar-refractivity contribution is 8.00. The van der Waals surface area contributed by atoms with E-state index in [-0.39, 0.29) is 12.5 Å². The van der Waals surface area contributed by atoms with Crippen LogP contribution in [0.15, 0.2) is 40.2 Å². The highest BCUT2D eigenvalue weighted by atomic mass is 32.2. The van der Waals surface area contributed by atoms with Crippen molar-refractivity contribution in [2.45, 2.75) is 30.9 Å². The number of nitrogens with zero attached hydrogens (tertiary/aromatic N) is 1. The molecule has 0 heterocycles. The average Bonchev–Trinajstić information content (AvgIpc) is 2.51. The standard InChI is InChI=1S/C16H26N4OS/c1-4-17-15(21)12-20-16(18-5-2)19-11-13(3)22-14-9-7-6-8-10-14/h6-10,13H,4-5,11-12H2,1-3H3,(H,17,21)(H2,18,19,20). The third-order valence-electron chi connectivity index (χ3n) is 2.74. The molecule has 3 N–H and O–H groups in total. The Morgan fingerprint density at radius 1 is 1.14 bits per heavy atom. The molecule has 0 aliphatic rings. The predicted octanol–water partition coefficient (Wildman–Crippen LogP) is 1.86. The van der Waals surface area contributed by atoms with Crippen molar-refractivity contribution < 1.29 is 4.79 Å². The first-order valence-corrected chi connectivity index (χ1v) is 8.54. The Hall–Kier alpha value is -1.69. The number of hydrogen-bond acceptors (Lipinski definition) is 3. The van der Waals surface area contributed by atoms with Crippen LogP contribution in [-0.2, 0) is 4.79 Å². The first-order chi connectivity index (χ1) is 10.7. The van der Waals surface area contributed by atoms with E-state index in [2.05, 4.69) is 40.0 Å². The highest BCUT2D eigenvalue weighted by Crippen LogP contribution is 2.21. The van der Waals surface area contributed by atoms with Gasteiger partial charge in [-0.3, -0.25) is 4.79 Å². The average molecular weight is 322 g/mol. The number of aliphatic imine (C=N–C) groups is 1. The molecule has 5 nitrogen and oxygen atoms in total. The fourth-order valence-corrected chi connectivity index (χ4v) is 2.70. The molecule has 0 fully saturated rings. The fourth-order valence-electron chi connectivity index (χ4n) is 1.76. The smallest absolute Gasteiger partial charge is 0.241 e. The van der Waals surface area contributed by atoms with Gasteiger partial charge in [0.15, 0.2) is 5.96 Å². The maximum Gasteiger partial charge on any atom is 0.241 e. The second-order valence-electron chi connectivity index (χ2n) is 4.77. The number of carbonyl (C=O) groups is 1. The Morgan fingerprint density at radius 3 is 2.45 bits per heavy atom. The first kappa shape index (κ1) is 18.4. The minimum atomic E-state index is -0.0635. The second kappa shape index (κ2) is 11.0. The summed E-state index contributed by atoms with van der Waals surface area (Å²) in [4.78, 5) is 17.0. The lowest BCUT2D eigenvalue weighted by molar-refractivity contribution is -0.119. The van der Waals surface area contributed by atoms with Crippen molar-refractivity contribution in [1.29, 1.82) is 0 Å². The Labute approximate surface area is 137 Å². The summed E-state index contributed by atoms with van der Waals surface area (Å²) in [7, 11) is 0. The number of thioether (sulfide) groups is 1. The summed E-state index contributed by atoms with van der Waals surface area (Å²) >= 11 is 1.81. The van der Waals surface area contributed by atoms with E-state index in [9.17, 15) is 4.79 Å². The van der Waals surface area contributed by atoms with E-state index in [4.69, 9.17) is 0 Å². The lowest BCUT2D eigenvalue weighted by Crippen LogP contribution is -2.40. The van der Waals surface area contributed by atoms with Crippen molar-refractivity contribution in [3.8, 4) is 0 Å².